The highest BCUT2D eigenvalue weighted by atomic mass is 32.2. The van der Waals surface area contributed by atoms with E-state index in [1.165, 1.54) is 18.2 Å². The maximum absolute atomic E-state index is 13.3. The second-order valence-corrected chi connectivity index (χ2v) is 11.7. The zero-order valence-corrected chi connectivity index (χ0v) is 20.9. The van der Waals surface area contributed by atoms with Crippen molar-refractivity contribution in [1.29, 1.82) is 0 Å². The average Bonchev–Trinajstić information content (AvgIpc) is 3.39. The van der Waals surface area contributed by atoms with Crippen LogP contribution in [0.3, 0.4) is 0 Å². The zero-order chi connectivity index (χ0) is 29.2. The van der Waals surface area contributed by atoms with Gasteiger partial charge >= 0.3 is 12.4 Å². The van der Waals surface area contributed by atoms with Gasteiger partial charge in [-0.1, -0.05) is 18.2 Å². The Labute approximate surface area is 218 Å². The van der Waals surface area contributed by atoms with E-state index in [0.717, 1.165) is 23.3 Å². The third-order valence-corrected chi connectivity index (χ3v) is 7.87. The van der Waals surface area contributed by atoms with Gasteiger partial charge in [0.15, 0.2) is 9.84 Å². The Balaban J connectivity index is 1.64. The van der Waals surface area contributed by atoms with Gasteiger partial charge in [-0.25, -0.2) is 8.42 Å². The smallest absolute Gasteiger partial charge is 0.389 e. The summed E-state index contributed by atoms with van der Waals surface area (Å²) in [6.45, 7) is -0.172. The molecule has 4 rings (SSSR count). The van der Waals surface area contributed by atoms with Crippen LogP contribution in [0.5, 0.6) is 0 Å². The van der Waals surface area contributed by atoms with Crippen LogP contribution in [-0.4, -0.2) is 59.6 Å². The van der Waals surface area contributed by atoms with E-state index in [1.807, 2.05) is 0 Å². The second kappa shape index (κ2) is 9.20. The molecule has 1 aliphatic heterocycles. The first-order valence-corrected chi connectivity index (χ1v) is 13.3. The van der Waals surface area contributed by atoms with Gasteiger partial charge in [-0.2, -0.15) is 26.3 Å². The van der Waals surface area contributed by atoms with E-state index in [0.29, 0.717) is 30.5 Å². The molecule has 1 aliphatic carbocycles. The summed E-state index contributed by atoms with van der Waals surface area (Å²) >= 11 is 0. The molecular formula is C24H22F6N2O6S. The SMILES string of the molecule is CS(=O)(=O)c1ccc2c(c1)CN(C(=O)CC1(O)CC1)C2C(=O)Nc1ccc(C(O)(C(F)(F)F)C(F)(F)F)cc1. The first-order chi connectivity index (χ1) is 17.8. The summed E-state index contributed by atoms with van der Waals surface area (Å²) in [7, 11) is -3.63. The van der Waals surface area contributed by atoms with Crippen LogP contribution in [0.2, 0.25) is 0 Å². The fourth-order valence-corrected chi connectivity index (χ4v) is 5.04. The third-order valence-electron chi connectivity index (χ3n) is 6.76. The molecule has 2 aromatic rings. The van der Waals surface area contributed by atoms with Crippen molar-refractivity contribution >= 4 is 27.3 Å². The molecule has 2 amide bonds. The van der Waals surface area contributed by atoms with E-state index in [2.05, 4.69) is 5.32 Å². The molecule has 0 saturated heterocycles. The normalized spacial score (nSPS) is 19.0. The predicted octanol–water partition coefficient (Wildman–Crippen LogP) is 3.34. The molecule has 0 bridgehead atoms. The van der Waals surface area contributed by atoms with Crippen molar-refractivity contribution in [2.45, 2.75) is 60.3 Å². The van der Waals surface area contributed by atoms with Crippen LogP contribution in [0.4, 0.5) is 32.0 Å². The lowest BCUT2D eigenvalue weighted by molar-refractivity contribution is -0.376. The summed E-state index contributed by atoms with van der Waals surface area (Å²) in [5, 5.41) is 22.1. The molecule has 3 N–H and O–H groups in total. The number of nitrogens with zero attached hydrogens (tertiary/aromatic N) is 1. The summed E-state index contributed by atoms with van der Waals surface area (Å²) in [6, 6.07) is 4.74. The maximum atomic E-state index is 13.3. The van der Waals surface area contributed by atoms with Crippen molar-refractivity contribution in [2.75, 3.05) is 11.6 Å². The fourth-order valence-electron chi connectivity index (χ4n) is 4.37. The number of sulfone groups is 1. The van der Waals surface area contributed by atoms with Gasteiger partial charge < -0.3 is 20.4 Å². The molecule has 212 valence electrons. The van der Waals surface area contributed by atoms with Gasteiger partial charge in [0.1, 0.15) is 6.04 Å². The highest BCUT2D eigenvalue weighted by Crippen LogP contribution is 2.50. The van der Waals surface area contributed by atoms with Crippen molar-refractivity contribution in [1.82, 2.24) is 4.90 Å². The predicted molar refractivity (Wildman–Crippen MR) is 123 cm³/mol. The van der Waals surface area contributed by atoms with E-state index in [4.69, 9.17) is 0 Å². The van der Waals surface area contributed by atoms with E-state index < -0.39 is 56.8 Å². The number of fused-ring (bicyclic) bond motifs is 1. The second-order valence-electron chi connectivity index (χ2n) is 9.73. The summed E-state index contributed by atoms with van der Waals surface area (Å²) in [5.41, 5.74) is -7.51. The highest BCUT2D eigenvalue weighted by molar-refractivity contribution is 7.90. The van der Waals surface area contributed by atoms with Gasteiger partial charge in [0.2, 0.25) is 5.91 Å². The molecule has 1 saturated carbocycles. The maximum Gasteiger partial charge on any atom is 0.430 e. The number of carbonyl (C=O) groups excluding carboxylic acids is 2. The lowest BCUT2D eigenvalue weighted by atomic mass is 9.92. The van der Waals surface area contributed by atoms with Crippen LogP contribution < -0.4 is 5.32 Å². The Kier molecular flexibility index (Phi) is 6.80. The van der Waals surface area contributed by atoms with Crippen LogP contribution in [-0.2, 0) is 31.6 Å². The number of rotatable bonds is 6. The molecular weight excluding hydrogens is 558 g/mol. The molecule has 39 heavy (non-hydrogen) atoms. The van der Waals surface area contributed by atoms with Crippen LogP contribution in [0.1, 0.15) is 42.0 Å². The third kappa shape index (κ3) is 5.34. The number of carbonyl (C=O) groups is 2. The largest absolute Gasteiger partial charge is 0.430 e. The minimum Gasteiger partial charge on any atom is -0.389 e. The lowest BCUT2D eigenvalue weighted by Gasteiger charge is -2.32. The van der Waals surface area contributed by atoms with E-state index >= 15 is 0 Å². The van der Waals surface area contributed by atoms with Crippen molar-refractivity contribution in [3.05, 3.63) is 59.2 Å². The summed E-state index contributed by atoms with van der Waals surface area (Å²) in [6.07, 6.45) is -10.7. The van der Waals surface area contributed by atoms with Gasteiger partial charge in [-0.05, 0) is 48.2 Å². The van der Waals surface area contributed by atoms with Gasteiger partial charge in [-0.3, -0.25) is 9.59 Å². The number of hydrogen-bond donors (Lipinski definition) is 3. The number of anilines is 1. The topological polar surface area (TPSA) is 124 Å². The number of alkyl halides is 6. The van der Waals surface area contributed by atoms with Crippen LogP contribution in [0.25, 0.3) is 0 Å². The number of halogens is 6. The Morgan fingerprint density at radius 1 is 1.03 bits per heavy atom. The highest BCUT2D eigenvalue weighted by Gasteiger charge is 2.71. The van der Waals surface area contributed by atoms with Crippen LogP contribution in [0.15, 0.2) is 47.4 Å². The van der Waals surface area contributed by atoms with Crippen LogP contribution >= 0.6 is 0 Å². The van der Waals surface area contributed by atoms with Crippen molar-refractivity contribution in [3.63, 3.8) is 0 Å². The van der Waals surface area contributed by atoms with Crippen LogP contribution in [0, 0.1) is 0 Å². The molecule has 1 atom stereocenters. The van der Waals surface area contributed by atoms with E-state index in [-0.39, 0.29) is 29.1 Å². The molecule has 0 aromatic heterocycles. The quantitative estimate of drug-likeness (QED) is 0.451. The summed E-state index contributed by atoms with van der Waals surface area (Å²) in [5.74, 6) is -1.49. The molecule has 1 unspecified atom stereocenters. The number of aliphatic hydroxyl groups is 2. The van der Waals surface area contributed by atoms with Gasteiger partial charge in [0.25, 0.3) is 11.5 Å². The number of amides is 2. The minimum absolute atomic E-state index is 0.0621. The molecule has 8 nitrogen and oxygen atoms in total. The van der Waals surface area contributed by atoms with Gasteiger partial charge in [0, 0.05) is 24.1 Å². The van der Waals surface area contributed by atoms with E-state index in [1.54, 1.807) is 0 Å². The summed E-state index contributed by atoms with van der Waals surface area (Å²) in [4.78, 5) is 27.3. The number of benzene rings is 2. The Bertz CT molecular complexity index is 1400. The minimum atomic E-state index is -6.08. The number of nitrogens with one attached hydrogen (secondary N) is 1. The zero-order valence-electron chi connectivity index (χ0n) is 20.1. The lowest BCUT2D eigenvalue weighted by Crippen LogP contribution is -2.53. The Morgan fingerprint density at radius 2 is 1.59 bits per heavy atom. The molecule has 15 heteroatoms. The van der Waals surface area contributed by atoms with Crippen molar-refractivity contribution < 1.29 is 54.6 Å². The van der Waals surface area contributed by atoms with Crippen molar-refractivity contribution in [2.24, 2.45) is 0 Å². The first kappa shape index (κ1) is 28.8. The van der Waals surface area contributed by atoms with E-state index in [9.17, 15) is 54.6 Å². The van der Waals surface area contributed by atoms with Crippen molar-refractivity contribution in [3.8, 4) is 0 Å². The summed E-state index contributed by atoms with van der Waals surface area (Å²) < 4.78 is 103. The van der Waals surface area contributed by atoms with Gasteiger partial charge in [-0.15, -0.1) is 0 Å². The first-order valence-electron chi connectivity index (χ1n) is 11.4. The molecule has 0 radical (unpaired) electrons. The Hall–Kier alpha value is -3.17. The molecule has 2 aromatic carbocycles. The number of hydrogen-bond acceptors (Lipinski definition) is 6. The molecule has 0 spiro atoms. The molecule has 1 fully saturated rings. The van der Waals surface area contributed by atoms with Gasteiger partial charge in [0.05, 0.1) is 16.9 Å². The average molecular weight is 581 g/mol. The molecule has 1 heterocycles. The molecule has 2 aliphatic rings. The Morgan fingerprint density at radius 3 is 2.08 bits per heavy atom. The standard InChI is InChI=1S/C24H22F6N2O6S/c1-39(37,38)16-6-7-17-13(10-16)12-32(18(33)11-21(35)8-9-21)19(17)20(34)31-15-4-2-14(3-5-15)22(36,23(25,26)27)24(28,29)30/h2-7,10,19,35-36H,8-9,11-12H2,1H3,(H,31,34). The monoisotopic (exact) mass is 580 g/mol. The fraction of sp³-hybridized carbons (Fsp3) is 0.417.